The third-order valence-electron chi connectivity index (χ3n) is 3.57. The highest BCUT2D eigenvalue weighted by Gasteiger charge is 2.20. The minimum absolute atomic E-state index is 0.170. The van der Waals surface area contributed by atoms with Crippen LogP contribution in [0.25, 0.3) is 0 Å². The first kappa shape index (κ1) is 13.1. The maximum absolute atomic E-state index is 11.3. The summed E-state index contributed by atoms with van der Waals surface area (Å²) in [4.78, 5) is 11.3. The minimum atomic E-state index is -0.170. The highest BCUT2D eigenvalue weighted by atomic mass is 16.5. The highest BCUT2D eigenvalue weighted by Crippen LogP contribution is 2.22. The lowest BCUT2D eigenvalue weighted by atomic mass is 10.0. The van der Waals surface area contributed by atoms with Crippen molar-refractivity contribution in [2.45, 2.75) is 58.5 Å². The normalized spacial score (nSPS) is 13.5. The molecule has 0 amide bonds. The largest absolute Gasteiger partial charge is 0.457 e. The Hall–Kier alpha value is -1.31. The van der Waals surface area contributed by atoms with Gasteiger partial charge in [-0.15, -0.1) is 0 Å². The molecule has 2 heteroatoms. The van der Waals surface area contributed by atoms with Crippen molar-refractivity contribution in [3.05, 3.63) is 34.9 Å². The predicted molar refractivity (Wildman–Crippen MR) is 72.6 cm³/mol. The average Bonchev–Trinajstić information content (AvgIpc) is 2.75. The summed E-state index contributed by atoms with van der Waals surface area (Å²) in [6.07, 6.45) is 9.05. The van der Waals surface area contributed by atoms with Crippen molar-refractivity contribution >= 4 is 5.97 Å². The second-order valence-electron chi connectivity index (χ2n) is 5.09. The van der Waals surface area contributed by atoms with E-state index in [1.807, 2.05) is 6.07 Å². The van der Waals surface area contributed by atoms with Crippen LogP contribution in [0.15, 0.2) is 18.2 Å². The number of rotatable bonds is 7. The van der Waals surface area contributed by atoms with Crippen LogP contribution in [-0.4, -0.2) is 5.97 Å². The Morgan fingerprint density at radius 3 is 2.72 bits per heavy atom. The molecule has 0 unspecified atom stereocenters. The number of fused-ring (bicyclic) bond motifs is 1. The maximum atomic E-state index is 11.3. The van der Waals surface area contributed by atoms with Gasteiger partial charge in [-0.3, -0.25) is 0 Å². The number of carbonyl (C=O) groups is 1. The Labute approximate surface area is 109 Å². The van der Waals surface area contributed by atoms with E-state index in [4.69, 9.17) is 4.74 Å². The average molecular weight is 246 g/mol. The standard InChI is InChI=1S/C16H22O2/c1-2-3-4-5-6-7-8-13-9-10-15-14(11-13)12-18-16(15)17/h9-11H,2-8,12H2,1H3. The molecule has 0 atom stereocenters. The zero-order chi connectivity index (χ0) is 12.8. The molecule has 2 rings (SSSR count). The molecule has 0 N–H and O–H groups in total. The van der Waals surface area contributed by atoms with Crippen LogP contribution in [0.2, 0.25) is 0 Å². The zero-order valence-corrected chi connectivity index (χ0v) is 11.2. The Bertz CT molecular complexity index is 410. The topological polar surface area (TPSA) is 26.3 Å². The van der Waals surface area contributed by atoms with Gasteiger partial charge in [-0.25, -0.2) is 4.79 Å². The Kier molecular flexibility index (Phi) is 4.80. The summed E-state index contributed by atoms with van der Waals surface area (Å²) in [5.74, 6) is -0.170. The molecule has 0 saturated heterocycles. The molecule has 1 aliphatic rings. The zero-order valence-electron chi connectivity index (χ0n) is 11.2. The number of carbonyl (C=O) groups excluding carboxylic acids is 1. The summed E-state index contributed by atoms with van der Waals surface area (Å²) in [5.41, 5.74) is 3.15. The molecule has 98 valence electrons. The lowest BCUT2D eigenvalue weighted by Gasteiger charge is -2.03. The van der Waals surface area contributed by atoms with Crippen molar-refractivity contribution < 1.29 is 9.53 Å². The van der Waals surface area contributed by atoms with E-state index in [0.29, 0.717) is 6.61 Å². The minimum Gasteiger partial charge on any atom is -0.457 e. The fraction of sp³-hybridized carbons (Fsp3) is 0.562. The van der Waals surface area contributed by atoms with Crippen molar-refractivity contribution in [1.29, 1.82) is 0 Å². The molecule has 0 bridgehead atoms. The monoisotopic (exact) mass is 246 g/mol. The van der Waals surface area contributed by atoms with Crippen LogP contribution in [0.1, 0.15) is 66.9 Å². The first-order valence-electron chi connectivity index (χ1n) is 7.10. The molecule has 0 spiro atoms. The Morgan fingerprint density at radius 2 is 1.89 bits per heavy atom. The predicted octanol–water partition coefficient (Wildman–Crippen LogP) is 4.26. The smallest absolute Gasteiger partial charge is 0.338 e. The van der Waals surface area contributed by atoms with E-state index in [2.05, 4.69) is 19.1 Å². The molecule has 0 radical (unpaired) electrons. The number of unbranched alkanes of at least 4 members (excludes halogenated alkanes) is 5. The third-order valence-corrected chi connectivity index (χ3v) is 3.57. The summed E-state index contributed by atoms with van der Waals surface area (Å²) in [7, 11) is 0. The lowest BCUT2D eigenvalue weighted by molar-refractivity contribution is 0.0535. The molecule has 1 aromatic rings. The van der Waals surface area contributed by atoms with E-state index in [9.17, 15) is 4.79 Å². The van der Waals surface area contributed by atoms with Crippen molar-refractivity contribution in [1.82, 2.24) is 0 Å². The first-order valence-corrected chi connectivity index (χ1v) is 7.10. The highest BCUT2D eigenvalue weighted by molar-refractivity contribution is 5.93. The second kappa shape index (κ2) is 6.58. The van der Waals surface area contributed by atoms with Gasteiger partial charge in [-0.1, -0.05) is 51.2 Å². The number of ether oxygens (including phenoxy) is 1. The number of esters is 1. The molecule has 1 heterocycles. The van der Waals surface area contributed by atoms with Gasteiger partial charge < -0.3 is 4.74 Å². The molecule has 0 fully saturated rings. The van der Waals surface area contributed by atoms with Crippen LogP contribution in [-0.2, 0) is 17.8 Å². The summed E-state index contributed by atoms with van der Waals surface area (Å²) < 4.78 is 5.01. The second-order valence-corrected chi connectivity index (χ2v) is 5.09. The maximum Gasteiger partial charge on any atom is 0.338 e. The summed E-state index contributed by atoms with van der Waals surface area (Å²) >= 11 is 0. The van der Waals surface area contributed by atoms with E-state index in [1.54, 1.807) is 0 Å². The van der Waals surface area contributed by atoms with Gasteiger partial charge in [0.1, 0.15) is 6.61 Å². The summed E-state index contributed by atoms with van der Waals surface area (Å²) in [5, 5.41) is 0. The molecule has 18 heavy (non-hydrogen) atoms. The van der Waals surface area contributed by atoms with Crippen molar-refractivity contribution in [2.24, 2.45) is 0 Å². The van der Waals surface area contributed by atoms with E-state index >= 15 is 0 Å². The Balaban J connectivity index is 1.75. The molecule has 2 nitrogen and oxygen atoms in total. The SMILES string of the molecule is CCCCCCCCc1ccc2c(c1)COC2=O. The van der Waals surface area contributed by atoms with Crippen LogP contribution in [0.5, 0.6) is 0 Å². The van der Waals surface area contributed by atoms with Gasteiger partial charge in [0.05, 0.1) is 5.56 Å². The first-order chi connectivity index (χ1) is 8.81. The van der Waals surface area contributed by atoms with Crippen LogP contribution in [0, 0.1) is 0 Å². The van der Waals surface area contributed by atoms with Gasteiger partial charge in [0.25, 0.3) is 0 Å². The van der Waals surface area contributed by atoms with Crippen LogP contribution < -0.4 is 0 Å². The van der Waals surface area contributed by atoms with Gasteiger partial charge in [0.2, 0.25) is 0 Å². The van der Waals surface area contributed by atoms with Crippen LogP contribution in [0.3, 0.4) is 0 Å². The molecule has 0 aromatic heterocycles. The fourth-order valence-electron chi connectivity index (χ4n) is 2.45. The van der Waals surface area contributed by atoms with Crippen molar-refractivity contribution in [3.8, 4) is 0 Å². The van der Waals surface area contributed by atoms with Gasteiger partial charge in [-0.2, -0.15) is 0 Å². The van der Waals surface area contributed by atoms with E-state index in [0.717, 1.165) is 17.5 Å². The number of benzene rings is 1. The number of aryl methyl sites for hydroxylation is 1. The molecule has 0 saturated carbocycles. The third kappa shape index (κ3) is 3.34. The van der Waals surface area contributed by atoms with E-state index in [1.165, 1.54) is 44.1 Å². The summed E-state index contributed by atoms with van der Waals surface area (Å²) in [6, 6.07) is 6.11. The van der Waals surface area contributed by atoms with Gasteiger partial charge >= 0.3 is 5.97 Å². The Morgan fingerprint density at radius 1 is 1.11 bits per heavy atom. The van der Waals surface area contributed by atoms with Crippen LogP contribution in [0.4, 0.5) is 0 Å². The van der Waals surface area contributed by atoms with Gasteiger partial charge in [0, 0.05) is 5.56 Å². The van der Waals surface area contributed by atoms with Gasteiger partial charge in [0.15, 0.2) is 0 Å². The molecule has 0 aliphatic carbocycles. The number of hydrogen-bond acceptors (Lipinski definition) is 2. The van der Waals surface area contributed by atoms with E-state index < -0.39 is 0 Å². The van der Waals surface area contributed by atoms with Crippen molar-refractivity contribution in [2.75, 3.05) is 0 Å². The summed E-state index contributed by atoms with van der Waals surface area (Å²) in [6.45, 7) is 2.70. The number of hydrogen-bond donors (Lipinski definition) is 0. The van der Waals surface area contributed by atoms with Gasteiger partial charge in [-0.05, 0) is 24.5 Å². The molecule has 1 aliphatic heterocycles. The quantitative estimate of drug-likeness (QED) is 0.531. The molecular formula is C16H22O2. The molecule has 1 aromatic carbocycles. The number of cyclic esters (lactones) is 1. The van der Waals surface area contributed by atoms with E-state index in [-0.39, 0.29) is 5.97 Å². The fourth-order valence-corrected chi connectivity index (χ4v) is 2.45. The lowest BCUT2D eigenvalue weighted by Crippen LogP contribution is -1.94. The van der Waals surface area contributed by atoms with Crippen LogP contribution >= 0.6 is 0 Å². The van der Waals surface area contributed by atoms with Crippen molar-refractivity contribution in [3.63, 3.8) is 0 Å². The molecular weight excluding hydrogens is 224 g/mol.